The highest BCUT2D eigenvalue weighted by Crippen LogP contribution is 2.23. The molecule has 3 N–H and O–H groups in total. The van der Waals surface area contributed by atoms with E-state index in [0.29, 0.717) is 18.8 Å². The van der Waals surface area contributed by atoms with Crippen molar-refractivity contribution in [2.24, 2.45) is 5.73 Å². The van der Waals surface area contributed by atoms with Gasteiger partial charge in [0.1, 0.15) is 11.4 Å². The van der Waals surface area contributed by atoms with Gasteiger partial charge in [-0.05, 0) is 45.9 Å². The lowest BCUT2D eigenvalue weighted by Crippen LogP contribution is -2.27. The van der Waals surface area contributed by atoms with E-state index in [0.717, 1.165) is 11.3 Å². The predicted octanol–water partition coefficient (Wildman–Crippen LogP) is 2.89. The first-order valence-corrected chi connectivity index (χ1v) is 6.31. The average molecular weight is 266 g/mol. The molecule has 0 saturated carbocycles. The van der Waals surface area contributed by atoms with Crippen molar-refractivity contribution in [1.82, 2.24) is 0 Å². The topological polar surface area (TPSA) is 73.6 Å². The summed E-state index contributed by atoms with van der Waals surface area (Å²) < 4.78 is 10.6. The first kappa shape index (κ1) is 15.3. The minimum absolute atomic E-state index is 0.346. The third-order valence-corrected chi connectivity index (χ3v) is 2.23. The van der Waals surface area contributed by atoms with Gasteiger partial charge < -0.3 is 15.2 Å². The molecule has 1 amide bonds. The van der Waals surface area contributed by atoms with Crippen LogP contribution in [0.25, 0.3) is 0 Å². The highest BCUT2D eigenvalue weighted by Gasteiger charge is 2.16. The number of carbonyl (C=O) groups is 1. The zero-order chi connectivity index (χ0) is 14.5. The van der Waals surface area contributed by atoms with Crippen molar-refractivity contribution in [3.63, 3.8) is 0 Å². The number of nitrogens with one attached hydrogen (secondary N) is 1. The summed E-state index contributed by atoms with van der Waals surface area (Å²) in [5, 5.41) is 2.67. The normalized spacial score (nSPS) is 11.0. The summed E-state index contributed by atoms with van der Waals surface area (Å²) in [4.78, 5) is 11.6. The molecule has 5 nitrogen and oxygen atoms in total. The zero-order valence-corrected chi connectivity index (χ0v) is 11.9. The fourth-order valence-electron chi connectivity index (χ4n) is 1.53. The smallest absolute Gasteiger partial charge is 0.412 e. The third-order valence-electron chi connectivity index (χ3n) is 2.23. The summed E-state index contributed by atoms with van der Waals surface area (Å²) in [5.41, 5.74) is 6.62. The molecule has 0 aliphatic rings. The Bertz CT molecular complexity index is 439. The first-order chi connectivity index (χ1) is 8.85. The van der Waals surface area contributed by atoms with Crippen LogP contribution < -0.4 is 15.8 Å². The largest absolute Gasteiger partial charge is 0.494 e. The molecule has 0 radical (unpaired) electrons. The standard InChI is InChI=1S/C14H22N2O3/c1-5-18-12-7-6-11(8-10(12)9-15)16-13(17)19-14(2,3)4/h6-8H,5,9,15H2,1-4H3,(H,16,17). The van der Waals surface area contributed by atoms with Crippen LogP contribution in [0, 0.1) is 0 Å². The number of carbonyl (C=O) groups excluding carboxylic acids is 1. The van der Waals surface area contributed by atoms with Crippen molar-refractivity contribution < 1.29 is 14.3 Å². The second-order valence-electron chi connectivity index (χ2n) is 5.09. The van der Waals surface area contributed by atoms with Crippen molar-refractivity contribution in [1.29, 1.82) is 0 Å². The van der Waals surface area contributed by atoms with Gasteiger partial charge in [-0.3, -0.25) is 5.32 Å². The van der Waals surface area contributed by atoms with Crippen LogP contribution in [0.2, 0.25) is 0 Å². The van der Waals surface area contributed by atoms with Gasteiger partial charge in [0.2, 0.25) is 0 Å². The van der Waals surface area contributed by atoms with Gasteiger partial charge in [0.25, 0.3) is 0 Å². The second kappa shape index (κ2) is 6.43. The molecule has 1 aromatic carbocycles. The Morgan fingerprint density at radius 3 is 2.58 bits per heavy atom. The van der Waals surface area contributed by atoms with E-state index in [1.165, 1.54) is 0 Å². The van der Waals surface area contributed by atoms with Crippen molar-refractivity contribution in [2.75, 3.05) is 11.9 Å². The lowest BCUT2D eigenvalue weighted by molar-refractivity contribution is 0.0636. The highest BCUT2D eigenvalue weighted by molar-refractivity contribution is 5.85. The lowest BCUT2D eigenvalue weighted by atomic mass is 10.1. The van der Waals surface area contributed by atoms with Crippen LogP contribution in [0.5, 0.6) is 5.75 Å². The monoisotopic (exact) mass is 266 g/mol. The molecule has 1 aromatic rings. The second-order valence-corrected chi connectivity index (χ2v) is 5.09. The summed E-state index contributed by atoms with van der Waals surface area (Å²) >= 11 is 0. The summed E-state index contributed by atoms with van der Waals surface area (Å²) in [6, 6.07) is 5.33. The Kier molecular flexibility index (Phi) is 5.18. The molecule has 0 spiro atoms. The summed E-state index contributed by atoms with van der Waals surface area (Å²) in [7, 11) is 0. The highest BCUT2D eigenvalue weighted by atomic mass is 16.6. The van der Waals surface area contributed by atoms with E-state index in [2.05, 4.69) is 5.32 Å². The SMILES string of the molecule is CCOc1ccc(NC(=O)OC(C)(C)C)cc1CN. The van der Waals surface area contributed by atoms with Gasteiger partial charge in [-0.25, -0.2) is 4.79 Å². The minimum Gasteiger partial charge on any atom is -0.494 e. The number of hydrogen-bond donors (Lipinski definition) is 2. The maximum Gasteiger partial charge on any atom is 0.412 e. The van der Waals surface area contributed by atoms with E-state index in [4.69, 9.17) is 15.2 Å². The molecule has 0 fully saturated rings. The Morgan fingerprint density at radius 2 is 2.05 bits per heavy atom. The maximum atomic E-state index is 11.6. The third kappa shape index (κ3) is 5.18. The van der Waals surface area contributed by atoms with Gasteiger partial charge in [-0.2, -0.15) is 0 Å². The zero-order valence-electron chi connectivity index (χ0n) is 11.9. The van der Waals surface area contributed by atoms with Crippen LogP contribution in [-0.2, 0) is 11.3 Å². The Morgan fingerprint density at radius 1 is 1.37 bits per heavy atom. The molecule has 19 heavy (non-hydrogen) atoms. The van der Waals surface area contributed by atoms with Crippen LogP contribution in [0.1, 0.15) is 33.3 Å². The number of rotatable bonds is 4. The maximum absolute atomic E-state index is 11.6. The van der Waals surface area contributed by atoms with Gasteiger partial charge >= 0.3 is 6.09 Å². The fraction of sp³-hybridized carbons (Fsp3) is 0.500. The molecule has 5 heteroatoms. The van der Waals surface area contributed by atoms with Crippen LogP contribution in [-0.4, -0.2) is 18.3 Å². The van der Waals surface area contributed by atoms with Crippen LogP contribution in [0.15, 0.2) is 18.2 Å². The van der Waals surface area contributed by atoms with Gasteiger partial charge in [-0.1, -0.05) is 0 Å². The predicted molar refractivity (Wildman–Crippen MR) is 75.4 cm³/mol. The molecule has 0 saturated heterocycles. The van der Waals surface area contributed by atoms with Crippen LogP contribution in [0.3, 0.4) is 0 Å². The molecular weight excluding hydrogens is 244 g/mol. The van der Waals surface area contributed by atoms with Crippen LogP contribution in [0.4, 0.5) is 10.5 Å². The minimum atomic E-state index is -0.522. The molecule has 0 aromatic heterocycles. The Labute approximate surface area is 114 Å². The van der Waals surface area contributed by atoms with E-state index >= 15 is 0 Å². The van der Waals surface area contributed by atoms with Gasteiger partial charge in [0.15, 0.2) is 0 Å². The molecule has 0 aliphatic heterocycles. The summed E-state index contributed by atoms with van der Waals surface area (Å²) in [6.07, 6.45) is -0.486. The van der Waals surface area contributed by atoms with Crippen molar-refractivity contribution in [3.8, 4) is 5.75 Å². The van der Waals surface area contributed by atoms with Crippen molar-refractivity contribution in [3.05, 3.63) is 23.8 Å². The molecule has 106 valence electrons. The molecule has 0 atom stereocenters. The molecular formula is C14H22N2O3. The van der Waals surface area contributed by atoms with Crippen LogP contribution >= 0.6 is 0 Å². The Hall–Kier alpha value is -1.75. The van der Waals surface area contributed by atoms with E-state index < -0.39 is 11.7 Å². The number of benzene rings is 1. The van der Waals surface area contributed by atoms with E-state index in [1.807, 2.05) is 27.7 Å². The quantitative estimate of drug-likeness (QED) is 0.878. The van der Waals surface area contributed by atoms with Crippen molar-refractivity contribution in [2.45, 2.75) is 39.8 Å². The van der Waals surface area contributed by atoms with E-state index in [1.54, 1.807) is 18.2 Å². The van der Waals surface area contributed by atoms with E-state index in [-0.39, 0.29) is 0 Å². The first-order valence-electron chi connectivity index (χ1n) is 6.31. The molecule has 0 unspecified atom stereocenters. The number of hydrogen-bond acceptors (Lipinski definition) is 4. The number of amides is 1. The lowest BCUT2D eigenvalue weighted by Gasteiger charge is -2.20. The molecule has 0 bridgehead atoms. The van der Waals surface area contributed by atoms with Gasteiger partial charge in [0, 0.05) is 17.8 Å². The number of ether oxygens (including phenoxy) is 2. The number of anilines is 1. The fourth-order valence-corrected chi connectivity index (χ4v) is 1.53. The average Bonchev–Trinajstić information content (AvgIpc) is 2.28. The number of nitrogens with two attached hydrogens (primary N) is 1. The van der Waals surface area contributed by atoms with Gasteiger partial charge in [0.05, 0.1) is 6.61 Å². The summed E-state index contributed by atoms with van der Waals surface area (Å²) in [6.45, 7) is 8.28. The van der Waals surface area contributed by atoms with Crippen molar-refractivity contribution >= 4 is 11.8 Å². The summed E-state index contributed by atoms with van der Waals surface area (Å²) in [5.74, 6) is 0.736. The molecule has 0 aliphatic carbocycles. The molecule has 0 heterocycles. The van der Waals surface area contributed by atoms with E-state index in [9.17, 15) is 4.79 Å². The Balaban J connectivity index is 2.77. The van der Waals surface area contributed by atoms with Gasteiger partial charge in [-0.15, -0.1) is 0 Å². The molecule has 1 rings (SSSR count).